The number of benzene rings is 3. The third-order valence-electron chi connectivity index (χ3n) is 8.01. The molecule has 1 amide bonds. The molecule has 5 heteroatoms. The van der Waals surface area contributed by atoms with E-state index in [1.54, 1.807) is 12.1 Å². The Morgan fingerprint density at radius 1 is 0.946 bits per heavy atom. The minimum Gasteiger partial charge on any atom is -0.352 e. The number of ketones is 1. The molecule has 3 aromatic carbocycles. The summed E-state index contributed by atoms with van der Waals surface area (Å²) in [5.74, 6) is 0.499. The zero-order valence-corrected chi connectivity index (χ0v) is 21.3. The Labute approximate surface area is 218 Å². The summed E-state index contributed by atoms with van der Waals surface area (Å²) in [4.78, 5) is 28.4. The number of halogens is 1. The molecule has 1 aliphatic heterocycles. The van der Waals surface area contributed by atoms with Gasteiger partial charge in [-0.15, -0.1) is 0 Å². The van der Waals surface area contributed by atoms with Gasteiger partial charge in [0.25, 0.3) is 5.91 Å². The average molecular weight is 499 g/mol. The van der Waals surface area contributed by atoms with Crippen LogP contribution < -0.4 is 5.32 Å². The van der Waals surface area contributed by atoms with Crippen molar-refractivity contribution < 1.29 is 14.0 Å². The molecule has 1 heterocycles. The molecule has 0 saturated carbocycles. The second kappa shape index (κ2) is 11.8. The van der Waals surface area contributed by atoms with E-state index in [-0.39, 0.29) is 23.4 Å². The molecule has 1 fully saturated rings. The minimum absolute atomic E-state index is 0.0605. The summed E-state index contributed by atoms with van der Waals surface area (Å²) in [5, 5.41) is 2.91. The van der Waals surface area contributed by atoms with Gasteiger partial charge in [-0.1, -0.05) is 48.5 Å². The fourth-order valence-corrected chi connectivity index (χ4v) is 5.81. The quantitative estimate of drug-likeness (QED) is 0.426. The molecule has 1 N–H and O–H groups in total. The third-order valence-corrected chi connectivity index (χ3v) is 8.01. The maximum atomic E-state index is 13.3. The lowest BCUT2D eigenvalue weighted by Gasteiger charge is -2.33. The van der Waals surface area contributed by atoms with Gasteiger partial charge in [0.15, 0.2) is 5.78 Å². The first kappa shape index (κ1) is 25.3. The normalized spacial score (nSPS) is 18.4. The van der Waals surface area contributed by atoms with Gasteiger partial charge in [0.1, 0.15) is 5.82 Å². The SMILES string of the molecule is O=C(NCCc1cccc(F)c1)c1ccc2c(c1)CCC(CCN1CCC(c3ccccc3)CC1)C2=O. The van der Waals surface area contributed by atoms with E-state index in [1.807, 2.05) is 18.2 Å². The van der Waals surface area contributed by atoms with Gasteiger partial charge in [-0.25, -0.2) is 4.39 Å². The van der Waals surface area contributed by atoms with E-state index in [4.69, 9.17) is 0 Å². The van der Waals surface area contributed by atoms with Gasteiger partial charge >= 0.3 is 0 Å². The molecule has 0 radical (unpaired) electrons. The molecule has 0 aromatic heterocycles. The van der Waals surface area contributed by atoms with E-state index in [9.17, 15) is 14.0 Å². The number of aryl methyl sites for hydroxylation is 1. The number of hydrogen-bond donors (Lipinski definition) is 1. The van der Waals surface area contributed by atoms with E-state index < -0.39 is 0 Å². The van der Waals surface area contributed by atoms with Gasteiger partial charge in [0.05, 0.1) is 0 Å². The van der Waals surface area contributed by atoms with Crippen LogP contribution in [0.3, 0.4) is 0 Å². The highest BCUT2D eigenvalue weighted by molar-refractivity contribution is 6.02. The Balaban J connectivity index is 1.10. The van der Waals surface area contributed by atoms with Crippen LogP contribution in [0.2, 0.25) is 0 Å². The molecule has 0 bridgehead atoms. The van der Waals surface area contributed by atoms with Gasteiger partial charge in [-0.2, -0.15) is 0 Å². The van der Waals surface area contributed by atoms with Crippen molar-refractivity contribution in [2.24, 2.45) is 5.92 Å². The molecule has 0 spiro atoms. The van der Waals surface area contributed by atoms with Crippen LogP contribution in [0, 0.1) is 11.7 Å². The predicted octanol–water partition coefficient (Wildman–Crippen LogP) is 5.81. The fraction of sp³-hybridized carbons (Fsp3) is 0.375. The Morgan fingerprint density at radius 2 is 1.76 bits per heavy atom. The standard InChI is InChI=1S/C32H35FN2O2/c33-29-8-4-5-23(21-29)13-17-34-32(37)28-11-12-30-27(22-28)10-9-26(31(30)36)16-20-35-18-14-25(15-19-35)24-6-2-1-3-7-24/h1-8,11-12,21-22,25-26H,9-10,13-20H2,(H,34,37). The van der Waals surface area contributed by atoms with Crippen LogP contribution in [-0.4, -0.2) is 42.8 Å². The van der Waals surface area contributed by atoms with Crippen LogP contribution in [0.4, 0.5) is 4.39 Å². The lowest BCUT2D eigenvalue weighted by Crippen LogP contribution is -2.35. The minimum atomic E-state index is -0.269. The van der Waals surface area contributed by atoms with Crippen molar-refractivity contribution >= 4 is 11.7 Å². The first-order valence-corrected chi connectivity index (χ1v) is 13.5. The number of hydrogen-bond acceptors (Lipinski definition) is 3. The maximum Gasteiger partial charge on any atom is 0.251 e. The van der Waals surface area contributed by atoms with Gasteiger partial charge in [0.2, 0.25) is 0 Å². The number of nitrogens with one attached hydrogen (secondary N) is 1. The number of carbonyl (C=O) groups excluding carboxylic acids is 2. The van der Waals surface area contributed by atoms with Crippen LogP contribution in [-0.2, 0) is 12.8 Å². The monoisotopic (exact) mass is 498 g/mol. The van der Waals surface area contributed by atoms with Gasteiger partial charge < -0.3 is 10.2 Å². The summed E-state index contributed by atoms with van der Waals surface area (Å²) in [6, 6.07) is 22.7. The Morgan fingerprint density at radius 3 is 2.54 bits per heavy atom. The second-order valence-electron chi connectivity index (χ2n) is 10.4. The number of likely N-dealkylation sites (tertiary alicyclic amines) is 1. The van der Waals surface area contributed by atoms with E-state index >= 15 is 0 Å². The number of rotatable bonds is 8. The summed E-state index contributed by atoms with van der Waals surface area (Å²) in [7, 11) is 0. The predicted molar refractivity (Wildman–Crippen MR) is 144 cm³/mol. The van der Waals surface area contributed by atoms with Gasteiger partial charge in [0, 0.05) is 23.6 Å². The molecule has 2 aliphatic rings. The van der Waals surface area contributed by atoms with E-state index in [0.29, 0.717) is 24.4 Å². The molecule has 37 heavy (non-hydrogen) atoms. The number of nitrogens with zero attached hydrogens (tertiary/aromatic N) is 1. The molecular formula is C32H35FN2O2. The number of piperidine rings is 1. The molecule has 1 saturated heterocycles. The number of Topliss-reactive ketones (excluding diaryl/α,β-unsaturated/α-hetero) is 1. The first-order chi connectivity index (χ1) is 18.1. The molecule has 1 unspecified atom stereocenters. The van der Waals surface area contributed by atoms with Crippen molar-refractivity contribution in [1.29, 1.82) is 0 Å². The van der Waals surface area contributed by atoms with E-state index in [2.05, 4.69) is 40.5 Å². The zero-order chi connectivity index (χ0) is 25.6. The lowest BCUT2D eigenvalue weighted by atomic mass is 9.80. The molecule has 5 rings (SSSR count). The van der Waals surface area contributed by atoms with Crippen LogP contribution in [0.25, 0.3) is 0 Å². The van der Waals surface area contributed by atoms with Crippen LogP contribution >= 0.6 is 0 Å². The second-order valence-corrected chi connectivity index (χ2v) is 10.4. The smallest absolute Gasteiger partial charge is 0.251 e. The van der Waals surface area contributed by atoms with Crippen molar-refractivity contribution in [2.75, 3.05) is 26.2 Å². The summed E-state index contributed by atoms with van der Waals surface area (Å²) < 4.78 is 13.3. The number of carbonyl (C=O) groups is 2. The molecular weight excluding hydrogens is 463 g/mol. The van der Waals surface area contributed by atoms with Gasteiger partial charge in [-0.3, -0.25) is 9.59 Å². The Hall–Kier alpha value is -3.31. The summed E-state index contributed by atoms with van der Waals surface area (Å²) >= 11 is 0. The number of amides is 1. The highest BCUT2D eigenvalue weighted by Crippen LogP contribution is 2.31. The van der Waals surface area contributed by atoms with Crippen molar-refractivity contribution in [3.8, 4) is 0 Å². The van der Waals surface area contributed by atoms with Crippen LogP contribution in [0.5, 0.6) is 0 Å². The Kier molecular flexibility index (Phi) is 8.10. The fourth-order valence-electron chi connectivity index (χ4n) is 5.81. The van der Waals surface area contributed by atoms with Crippen LogP contribution in [0.15, 0.2) is 72.8 Å². The average Bonchev–Trinajstić information content (AvgIpc) is 2.93. The topological polar surface area (TPSA) is 49.4 Å². The third kappa shape index (κ3) is 6.34. The Bertz CT molecular complexity index is 1230. The van der Waals surface area contributed by atoms with Crippen molar-refractivity contribution in [2.45, 2.75) is 44.4 Å². The molecule has 4 nitrogen and oxygen atoms in total. The van der Waals surface area contributed by atoms with Crippen molar-refractivity contribution in [3.63, 3.8) is 0 Å². The lowest BCUT2D eigenvalue weighted by molar-refractivity contribution is 0.0875. The first-order valence-electron chi connectivity index (χ1n) is 13.5. The van der Waals surface area contributed by atoms with Crippen molar-refractivity contribution in [3.05, 3.63) is 106 Å². The van der Waals surface area contributed by atoms with E-state index in [1.165, 1.54) is 30.5 Å². The van der Waals surface area contributed by atoms with Crippen molar-refractivity contribution in [1.82, 2.24) is 10.2 Å². The summed E-state index contributed by atoms with van der Waals surface area (Å²) in [6.07, 6.45) is 5.50. The van der Waals surface area contributed by atoms with Gasteiger partial charge in [-0.05, 0) is 105 Å². The molecule has 1 atom stereocenters. The summed E-state index contributed by atoms with van der Waals surface area (Å²) in [6.45, 7) is 3.59. The molecule has 1 aliphatic carbocycles. The maximum absolute atomic E-state index is 13.3. The largest absolute Gasteiger partial charge is 0.352 e. The highest BCUT2D eigenvalue weighted by Gasteiger charge is 2.29. The van der Waals surface area contributed by atoms with E-state index in [0.717, 1.165) is 55.6 Å². The molecule has 3 aromatic rings. The summed E-state index contributed by atoms with van der Waals surface area (Å²) in [5.41, 5.74) is 4.62. The highest BCUT2D eigenvalue weighted by atomic mass is 19.1. The zero-order valence-electron chi connectivity index (χ0n) is 21.3. The van der Waals surface area contributed by atoms with Crippen LogP contribution in [0.1, 0.15) is 69.0 Å². The molecule has 192 valence electrons. The number of fused-ring (bicyclic) bond motifs is 1.